The predicted octanol–water partition coefficient (Wildman–Crippen LogP) is 4.63. The average molecular weight is 360 g/mol. The molecule has 24 heavy (non-hydrogen) atoms. The van der Waals surface area contributed by atoms with Crippen LogP contribution in [-0.4, -0.2) is 13.0 Å². The third-order valence-corrected chi connectivity index (χ3v) is 5.49. The van der Waals surface area contributed by atoms with Gasteiger partial charge in [0.2, 0.25) is 0 Å². The monoisotopic (exact) mass is 359 g/mol. The third-order valence-electron chi connectivity index (χ3n) is 4.12. The van der Waals surface area contributed by atoms with Gasteiger partial charge in [-0.3, -0.25) is 0 Å². The van der Waals surface area contributed by atoms with Crippen LogP contribution in [0, 0.1) is 6.92 Å². The van der Waals surface area contributed by atoms with Crippen LogP contribution in [-0.2, 0) is 22.0 Å². The third kappa shape index (κ3) is 3.89. The van der Waals surface area contributed by atoms with Gasteiger partial charge in [-0.1, -0.05) is 36.4 Å². The summed E-state index contributed by atoms with van der Waals surface area (Å²) >= 11 is 0. The van der Waals surface area contributed by atoms with E-state index in [1.54, 1.807) is 12.1 Å². The van der Waals surface area contributed by atoms with E-state index in [1.165, 1.54) is 23.4 Å². The van der Waals surface area contributed by atoms with E-state index in [-0.39, 0.29) is 4.90 Å². The van der Waals surface area contributed by atoms with Crippen molar-refractivity contribution in [1.29, 1.82) is 0 Å². The van der Waals surface area contributed by atoms with E-state index in [1.807, 2.05) is 0 Å². The van der Waals surface area contributed by atoms with Crippen molar-refractivity contribution in [1.82, 2.24) is 4.57 Å². The molecule has 0 aliphatic carbocycles. The van der Waals surface area contributed by atoms with Crippen LogP contribution in [0.25, 0.3) is 11.1 Å². The SMILES string of the molecule is Cc1cccn1CCc1ccc(-c2ccc(S(=O)(=O)Cl)cc2)cc1. The number of nitrogens with zero attached hydrogens (tertiary/aromatic N) is 1. The Morgan fingerprint density at radius 1 is 0.917 bits per heavy atom. The molecular weight excluding hydrogens is 342 g/mol. The summed E-state index contributed by atoms with van der Waals surface area (Å²) in [5.41, 5.74) is 4.55. The van der Waals surface area contributed by atoms with Crippen molar-refractivity contribution in [2.24, 2.45) is 0 Å². The molecule has 0 aliphatic rings. The van der Waals surface area contributed by atoms with Gasteiger partial charge in [0.1, 0.15) is 0 Å². The Balaban J connectivity index is 1.71. The van der Waals surface area contributed by atoms with E-state index < -0.39 is 9.05 Å². The Hall–Kier alpha value is -2.04. The number of benzene rings is 2. The fraction of sp³-hybridized carbons (Fsp3) is 0.158. The van der Waals surface area contributed by atoms with E-state index in [4.69, 9.17) is 10.7 Å². The molecule has 124 valence electrons. The van der Waals surface area contributed by atoms with E-state index in [0.29, 0.717) is 0 Å². The van der Waals surface area contributed by atoms with Crippen LogP contribution in [0.2, 0.25) is 0 Å². The van der Waals surface area contributed by atoms with Gasteiger partial charge in [0, 0.05) is 29.1 Å². The minimum absolute atomic E-state index is 0.117. The molecule has 3 aromatic rings. The molecule has 1 aromatic heterocycles. The zero-order valence-electron chi connectivity index (χ0n) is 13.3. The first-order chi connectivity index (χ1) is 11.4. The van der Waals surface area contributed by atoms with Crippen molar-refractivity contribution in [3.63, 3.8) is 0 Å². The Bertz CT molecular complexity index is 926. The standard InChI is InChI=1S/C19H18ClNO2S/c1-15-3-2-13-21(15)14-12-16-4-6-17(7-5-16)18-8-10-19(11-9-18)24(20,22)23/h2-11,13H,12,14H2,1H3. The van der Waals surface area contributed by atoms with Gasteiger partial charge in [-0.15, -0.1) is 0 Å². The molecule has 0 fully saturated rings. The summed E-state index contributed by atoms with van der Waals surface area (Å²) in [7, 11) is 1.67. The molecule has 0 aliphatic heterocycles. The molecule has 0 atom stereocenters. The topological polar surface area (TPSA) is 39.1 Å². The lowest BCUT2D eigenvalue weighted by molar-refractivity contribution is 0.609. The Morgan fingerprint density at radius 3 is 2.00 bits per heavy atom. The first-order valence-corrected chi connectivity index (χ1v) is 10.0. The molecular formula is C19H18ClNO2S. The fourth-order valence-corrected chi connectivity index (χ4v) is 3.44. The molecule has 1 heterocycles. The average Bonchev–Trinajstić information content (AvgIpc) is 2.98. The number of halogens is 1. The molecule has 0 amide bonds. The second kappa shape index (κ2) is 6.83. The number of aryl methyl sites for hydroxylation is 3. The van der Waals surface area contributed by atoms with Gasteiger partial charge in [-0.2, -0.15) is 0 Å². The molecule has 3 rings (SSSR count). The van der Waals surface area contributed by atoms with Crippen molar-refractivity contribution >= 4 is 19.7 Å². The van der Waals surface area contributed by atoms with Crippen molar-refractivity contribution in [3.8, 4) is 11.1 Å². The van der Waals surface area contributed by atoms with Crippen molar-refractivity contribution in [2.45, 2.75) is 24.8 Å². The molecule has 0 radical (unpaired) electrons. The first-order valence-electron chi connectivity index (χ1n) is 7.69. The normalized spacial score (nSPS) is 11.6. The molecule has 0 spiro atoms. The number of hydrogen-bond donors (Lipinski definition) is 0. The van der Waals surface area contributed by atoms with Crippen LogP contribution in [0.5, 0.6) is 0 Å². The summed E-state index contributed by atoms with van der Waals surface area (Å²) < 4.78 is 24.8. The molecule has 0 bridgehead atoms. The highest BCUT2D eigenvalue weighted by molar-refractivity contribution is 8.13. The largest absolute Gasteiger partial charge is 0.351 e. The number of hydrogen-bond acceptors (Lipinski definition) is 2. The highest BCUT2D eigenvalue weighted by atomic mass is 35.7. The van der Waals surface area contributed by atoms with E-state index in [0.717, 1.165) is 24.1 Å². The van der Waals surface area contributed by atoms with Gasteiger partial charge in [-0.25, -0.2) is 8.42 Å². The maximum atomic E-state index is 11.3. The van der Waals surface area contributed by atoms with Crippen LogP contribution in [0.3, 0.4) is 0 Å². The summed E-state index contributed by atoms with van der Waals surface area (Å²) in [6, 6.07) is 19.1. The van der Waals surface area contributed by atoms with Gasteiger partial charge in [0.15, 0.2) is 0 Å². The first kappa shape index (κ1) is 16.8. The van der Waals surface area contributed by atoms with Gasteiger partial charge >= 0.3 is 0 Å². The highest BCUT2D eigenvalue weighted by Gasteiger charge is 2.09. The van der Waals surface area contributed by atoms with Gasteiger partial charge < -0.3 is 4.57 Å². The molecule has 0 saturated heterocycles. The summed E-state index contributed by atoms with van der Waals surface area (Å²) in [5.74, 6) is 0. The van der Waals surface area contributed by atoms with Crippen LogP contribution in [0.1, 0.15) is 11.3 Å². The molecule has 5 heteroatoms. The highest BCUT2D eigenvalue weighted by Crippen LogP contribution is 2.23. The second-order valence-electron chi connectivity index (χ2n) is 5.75. The molecule has 3 nitrogen and oxygen atoms in total. The van der Waals surface area contributed by atoms with Crippen molar-refractivity contribution in [2.75, 3.05) is 0 Å². The molecule has 0 saturated carbocycles. The minimum atomic E-state index is -3.67. The Morgan fingerprint density at radius 2 is 1.50 bits per heavy atom. The molecule has 0 N–H and O–H groups in total. The van der Waals surface area contributed by atoms with E-state index >= 15 is 0 Å². The van der Waals surface area contributed by atoms with Gasteiger partial charge in [0.25, 0.3) is 9.05 Å². The van der Waals surface area contributed by atoms with Gasteiger partial charge in [-0.05, 0) is 54.3 Å². The maximum absolute atomic E-state index is 11.3. The lowest BCUT2D eigenvalue weighted by Crippen LogP contribution is -2.01. The van der Waals surface area contributed by atoms with Crippen molar-refractivity contribution < 1.29 is 8.42 Å². The number of rotatable bonds is 5. The zero-order chi connectivity index (χ0) is 17.2. The summed E-state index contributed by atoms with van der Waals surface area (Å²) in [4.78, 5) is 0.117. The van der Waals surface area contributed by atoms with Crippen molar-refractivity contribution in [3.05, 3.63) is 78.1 Å². The lowest BCUT2D eigenvalue weighted by Gasteiger charge is -2.08. The van der Waals surface area contributed by atoms with E-state index in [2.05, 4.69) is 54.1 Å². The quantitative estimate of drug-likeness (QED) is 0.623. The summed E-state index contributed by atoms with van der Waals surface area (Å²) in [5, 5.41) is 0. The Labute approximate surface area is 146 Å². The second-order valence-corrected chi connectivity index (χ2v) is 8.32. The molecule has 0 unspecified atom stereocenters. The fourth-order valence-electron chi connectivity index (χ4n) is 2.67. The number of aromatic nitrogens is 1. The van der Waals surface area contributed by atoms with Crippen LogP contribution in [0.15, 0.2) is 71.8 Å². The summed E-state index contributed by atoms with van der Waals surface area (Å²) in [6.07, 6.45) is 3.06. The van der Waals surface area contributed by atoms with Gasteiger partial charge in [0.05, 0.1) is 4.90 Å². The summed E-state index contributed by atoms with van der Waals surface area (Å²) in [6.45, 7) is 3.06. The molecule has 2 aromatic carbocycles. The van der Waals surface area contributed by atoms with Crippen LogP contribution >= 0.6 is 10.7 Å². The maximum Gasteiger partial charge on any atom is 0.261 e. The van der Waals surface area contributed by atoms with Crippen LogP contribution < -0.4 is 0 Å². The van der Waals surface area contributed by atoms with Crippen LogP contribution in [0.4, 0.5) is 0 Å². The Kier molecular flexibility index (Phi) is 4.78. The predicted molar refractivity (Wildman–Crippen MR) is 97.8 cm³/mol. The minimum Gasteiger partial charge on any atom is -0.351 e. The van der Waals surface area contributed by atoms with E-state index in [9.17, 15) is 8.42 Å². The zero-order valence-corrected chi connectivity index (χ0v) is 14.9. The smallest absolute Gasteiger partial charge is 0.261 e. The lowest BCUT2D eigenvalue weighted by atomic mass is 10.0.